The molecule has 13 heteroatoms. The van der Waals surface area contributed by atoms with E-state index < -0.39 is 9.73 Å². The lowest BCUT2D eigenvalue weighted by Gasteiger charge is -2.29. The maximum absolute atomic E-state index is 13.4. The zero-order valence-electron chi connectivity index (χ0n) is 23.4. The minimum Gasteiger partial charge on any atom is -0.491 e. The summed E-state index contributed by atoms with van der Waals surface area (Å²) >= 11 is 0. The van der Waals surface area contributed by atoms with Crippen molar-refractivity contribution in [3.8, 4) is 28.8 Å². The van der Waals surface area contributed by atoms with Crippen molar-refractivity contribution in [3.63, 3.8) is 0 Å². The number of aromatic nitrogens is 4. The molecule has 0 unspecified atom stereocenters. The lowest BCUT2D eigenvalue weighted by atomic mass is 10.1. The molecule has 2 aliphatic rings. The van der Waals surface area contributed by atoms with Gasteiger partial charge in [0, 0.05) is 67.6 Å². The molecule has 12 nitrogen and oxygen atoms in total. The van der Waals surface area contributed by atoms with Crippen molar-refractivity contribution >= 4 is 26.8 Å². The van der Waals surface area contributed by atoms with Crippen LogP contribution in [-0.4, -0.2) is 99.9 Å². The van der Waals surface area contributed by atoms with Gasteiger partial charge in [-0.05, 0) is 24.3 Å². The second-order valence-corrected chi connectivity index (χ2v) is 12.6. The Kier molecular flexibility index (Phi) is 8.18. The van der Waals surface area contributed by atoms with E-state index in [1.54, 1.807) is 48.5 Å². The first-order valence-corrected chi connectivity index (χ1v) is 15.7. The predicted molar refractivity (Wildman–Crippen MR) is 159 cm³/mol. The van der Waals surface area contributed by atoms with Crippen LogP contribution in [0.5, 0.6) is 11.6 Å². The summed E-state index contributed by atoms with van der Waals surface area (Å²) in [7, 11) is -0.835. The van der Waals surface area contributed by atoms with Crippen molar-refractivity contribution in [2.45, 2.75) is 0 Å². The molecule has 0 saturated carbocycles. The van der Waals surface area contributed by atoms with Gasteiger partial charge >= 0.3 is 0 Å². The van der Waals surface area contributed by atoms with E-state index in [-0.39, 0.29) is 0 Å². The van der Waals surface area contributed by atoms with Crippen LogP contribution in [0.25, 0.3) is 16.6 Å². The number of nitriles is 1. The molecular formula is C29H32N8O4S. The SMILES string of the molecule is COc1ccc(N=S2(=O)CCN(c3ccc(-c4cc(OCCN5CCOCC5)cn5ncc(C#N)c45)cn3)CC2)cn1. The van der Waals surface area contributed by atoms with Gasteiger partial charge in [0.25, 0.3) is 0 Å². The number of hydrogen-bond donors (Lipinski definition) is 0. The summed E-state index contributed by atoms with van der Waals surface area (Å²) in [6.07, 6.45) is 6.75. The molecule has 2 fully saturated rings. The van der Waals surface area contributed by atoms with Gasteiger partial charge in [0.2, 0.25) is 5.88 Å². The molecule has 0 aliphatic carbocycles. The third kappa shape index (κ3) is 6.15. The lowest BCUT2D eigenvalue weighted by molar-refractivity contribution is 0.0322. The maximum atomic E-state index is 13.4. The molecule has 2 saturated heterocycles. The van der Waals surface area contributed by atoms with E-state index in [2.05, 4.69) is 30.3 Å². The Morgan fingerprint density at radius 2 is 1.90 bits per heavy atom. The maximum Gasteiger partial charge on any atom is 0.213 e. The van der Waals surface area contributed by atoms with Gasteiger partial charge in [0.05, 0.1) is 65.4 Å². The van der Waals surface area contributed by atoms with E-state index >= 15 is 0 Å². The van der Waals surface area contributed by atoms with Gasteiger partial charge in [0.1, 0.15) is 24.2 Å². The average molecular weight is 589 g/mol. The standard InChI is InChI=1S/C29H32N8O4S/c1-39-28-5-3-24(20-32-28)34-42(38)14-9-36(10-15-42)27-4-2-22(18-31-27)26-16-25(21-37-29(26)23(17-30)19-33-37)41-13-8-35-6-11-40-12-7-35/h2-5,16,18-21H,6-15H2,1H3. The summed E-state index contributed by atoms with van der Waals surface area (Å²) in [5, 5.41) is 14.1. The van der Waals surface area contributed by atoms with Crippen molar-refractivity contribution in [3.05, 3.63) is 60.7 Å². The van der Waals surface area contributed by atoms with Crippen LogP contribution in [0.4, 0.5) is 11.5 Å². The average Bonchev–Trinajstić information content (AvgIpc) is 3.45. The first-order chi connectivity index (χ1) is 20.5. The third-order valence-electron chi connectivity index (χ3n) is 7.43. The topological polar surface area (TPSA) is 130 Å². The van der Waals surface area contributed by atoms with E-state index in [0.717, 1.165) is 49.8 Å². The Morgan fingerprint density at radius 1 is 1.07 bits per heavy atom. The molecule has 4 aromatic rings. The molecule has 6 rings (SSSR count). The summed E-state index contributed by atoms with van der Waals surface area (Å²) in [6, 6.07) is 11.6. The van der Waals surface area contributed by atoms with Crippen molar-refractivity contribution in [1.29, 1.82) is 5.26 Å². The van der Waals surface area contributed by atoms with Gasteiger partial charge < -0.3 is 19.1 Å². The molecule has 0 radical (unpaired) electrons. The Bertz CT molecular complexity index is 1690. The molecule has 6 heterocycles. The molecular weight excluding hydrogens is 556 g/mol. The number of nitrogens with zero attached hydrogens (tertiary/aromatic N) is 8. The van der Waals surface area contributed by atoms with E-state index in [1.807, 2.05) is 18.2 Å². The minimum absolute atomic E-state index is 0.439. The summed E-state index contributed by atoms with van der Waals surface area (Å²) < 4.78 is 36.2. The predicted octanol–water partition coefficient (Wildman–Crippen LogP) is 3.00. The smallest absolute Gasteiger partial charge is 0.213 e. The van der Waals surface area contributed by atoms with Crippen LogP contribution in [0.1, 0.15) is 5.56 Å². The largest absolute Gasteiger partial charge is 0.491 e. The van der Waals surface area contributed by atoms with Crippen LogP contribution in [-0.2, 0) is 14.5 Å². The summed E-state index contributed by atoms with van der Waals surface area (Å²) in [4.78, 5) is 13.3. The molecule has 4 aromatic heterocycles. The quantitative estimate of drug-likeness (QED) is 0.303. The lowest BCUT2D eigenvalue weighted by Crippen LogP contribution is -2.40. The van der Waals surface area contributed by atoms with E-state index in [0.29, 0.717) is 59.6 Å². The molecule has 0 atom stereocenters. The number of anilines is 1. The highest BCUT2D eigenvalue weighted by Gasteiger charge is 2.22. The number of rotatable bonds is 8. The van der Waals surface area contributed by atoms with E-state index in [4.69, 9.17) is 19.2 Å². The first-order valence-electron chi connectivity index (χ1n) is 13.8. The first kappa shape index (κ1) is 27.9. The second-order valence-electron chi connectivity index (χ2n) is 10.1. The van der Waals surface area contributed by atoms with Crippen LogP contribution in [0.3, 0.4) is 0 Å². The molecule has 218 valence electrons. The monoisotopic (exact) mass is 588 g/mol. The van der Waals surface area contributed by atoms with Crippen molar-refractivity contribution in [2.75, 3.05) is 76.1 Å². The number of methoxy groups -OCH3 is 1. The fourth-order valence-electron chi connectivity index (χ4n) is 5.11. The van der Waals surface area contributed by atoms with Crippen molar-refractivity contribution in [1.82, 2.24) is 24.5 Å². The molecule has 2 aliphatic heterocycles. The zero-order chi connectivity index (χ0) is 28.9. The van der Waals surface area contributed by atoms with Crippen LogP contribution in [0.2, 0.25) is 0 Å². The molecule has 0 spiro atoms. The van der Waals surface area contributed by atoms with Crippen molar-refractivity contribution in [2.24, 2.45) is 4.36 Å². The van der Waals surface area contributed by atoms with Crippen molar-refractivity contribution < 1.29 is 18.4 Å². The Balaban J connectivity index is 1.17. The van der Waals surface area contributed by atoms with Gasteiger partial charge in [-0.3, -0.25) is 4.90 Å². The van der Waals surface area contributed by atoms with E-state index in [1.165, 1.54) is 0 Å². The second kappa shape index (κ2) is 12.3. The molecule has 0 amide bonds. The summed E-state index contributed by atoms with van der Waals surface area (Å²) in [5.74, 6) is 2.84. The number of hydrogen-bond acceptors (Lipinski definition) is 11. The van der Waals surface area contributed by atoms with E-state index in [9.17, 15) is 9.47 Å². The molecule has 0 N–H and O–H groups in total. The van der Waals surface area contributed by atoms with Crippen LogP contribution >= 0.6 is 0 Å². The number of ether oxygens (including phenoxy) is 3. The molecule has 0 aromatic carbocycles. The summed E-state index contributed by atoms with van der Waals surface area (Å²) in [6.45, 7) is 5.80. The third-order valence-corrected chi connectivity index (χ3v) is 9.62. The Morgan fingerprint density at radius 3 is 2.60 bits per heavy atom. The van der Waals surface area contributed by atoms with Gasteiger partial charge in [-0.1, -0.05) is 0 Å². The van der Waals surface area contributed by atoms with Gasteiger partial charge in [-0.25, -0.2) is 18.7 Å². The minimum atomic E-state index is -2.39. The number of pyridine rings is 3. The highest BCUT2D eigenvalue weighted by Crippen LogP contribution is 2.31. The summed E-state index contributed by atoms with van der Waals surface area (Å²) in [5.41, 5.74) is 3.45. The van der Waals surface area contributed by atoms with Gasteiger partial charge in [-0.2, -0.15) is 14.7 Å². The fourth-order valence-corrected chi connectivity index (χ4v) is 7.00. The Hall–Kier alpha value is -4.25. The van der Waals surface area contributed by atoms with Crippen LogP contribution in [0, 0.1) is 11.3 Å². The zero-order valence-corrected chi connectivity index (χ0v) is 24.2. The highest BCUT2D eigenvalue weighted by atomic mass is 32.2. The van der Waals surface area contributed by atoms with Gasteiger partial charge in [0.15, 0.2) is 0 Å². The Labute approximate surface area is 244 Å². The number of fused-ring (bicyclic) bond motifs is 1. The number of morpholine rings is 1. The van der Waals surface area contributed by atoms with Crippen LogP contribution in [0.15, 0.2) is 59.5 Å². The normalized spacial score (nSPS) is 17.1. The molecule has 42 heavy (non-hydrogen) atoms. The highest BCUT2D eigenvalue weighted by molar-refractivity contribution is 7.93. The van der Waals surface area contributed by atoms with Gasteiger partial charge in [-0.15, -0.1) is 0 Å². The fraction of sp³-hybridized carbons (Fsp3) is 0.379. The molecule has 0 bridgehead atoms. The van der Waals surface area contributed by atoms with Crippen LogP contribution < -0.4 is 14.4 Å².